The number of carbonyl (C=O) groups excluding carboxylic acids is 2. The number of Topliss-reactive ketones (excluding diaryl/α,β-unsaturated/α-hetero) is 1. The number of pyridine rings is 5. The molecule has 14 heterocycles. The van der Waals surface area contributed by atoms with E-state index in [1.54, 1.807) is 71.5 Å². The Morgan fingerprint density at radius 3 is 1.34 bits per heavy atom. The van der Waals surface area contributed by atoms with Gasteiger partial charge in [0.15, 0.2) is 17.2 Å². The van der Waals surface area contributed by atoms with E-state index >= 15 is 0 Å². The molecule has 3 aliphatic heterocycles. The lowest BCUT2D eigenvalue weighted by molar-refractivity contribution is -0.114. The zero-order valence-corrected chi connectivity index (χ0v) is 68.9. The van der Waals surface area contributed by atoms with Crippen molar-refractivity contribution in [1.82, 2.24) is 57.1 Å². The number of alkyl halides is 1. The molecule has 31 heteroatoms. The molecule has 11 aromatic heterocycles. The minimum Gasteiger partial charge on any atom is -0.384 e. The van der Waals surface area contributed by atoms with Crippen LogP contribution in [0.2, 0.25) is 0 Å². The second kappa shape index (κ2) is 38.0. The number of nitrogens with zero attached hydrogens (tertiary/aromatic N) is 15. The number of rotatable bonds is 11. The molecule has 0 spiro atoms. The fraction of sp³-hybridized carbons (Fsp3) is 0.165. The number of amides is 1. The number of ketones is 1. The van der Waals surface area contributed by atoms with Crippen LogP contribution < -0.4 is 25.8 Å². The average Bonchev–Trinajstić information content (AvgIpc) is 1.60. The van der Waals surface area contributed by atoms with Crippen molar-refractivity contribution < 1.29 is 45.8 Å². The van der Waals surface area contributed by atoms with Crippen LogP contribution >= 0.6 is 70.4 Å². The summed E-state index contributed by atoms with van der Waals surface area (Å²) in [6.45, 7) is 11.1. The Balaban J connectivity index is 0.000000121. The number of ether oxygens (including phenoxy) is 3. The summed E-state index contributed by atoms with van der Waals surface area (Å²) in [6, 6.07) is 54.4. The minimum absolute atomic E-state index is 0.0370. The second-order valence-electron chi connectivity index (χ2n) is 26.4. The molecule has 0 radical (unpaired) electrons. The van der Waals surface area contributed by atoms with Crippen molar-refractivity contribution in [2.24, 2.45) is 0 Å². The van der Waals surface area contributed by atoms with Crippen LogP contribution in [0.4, 0.5) is 50.6 Å². The van der Waals surface area contributed by atoms with Gasteiger partial charge in [0.2, 0.25) is 5.91 Å². The summed E-state index contributed by atoms with van der Waals surface area (Å²) < 4.78 is 93.9. The first-order valence-corrected chi connectivity index (χ1v) is 40.3. The van der Waals surface area contributed by atoms with Gasteiger partial charge >= 0.3 is 0 Å². The quantitative estimate of drug-likeness (QED) is 0.0532. The van der Waals surface area contributed by atoms with Crippen molar-refractivity contribution in [2.75, 3.05) is 110 Å². The Hall–Kier alpha value is -11.3. The van der Waals surface area contributed by atoms with Gasteiger partial charge in [-0.05, 0) is 249 Å². The second-order valence-corrected chi connectivity index (χ2v) is 29.8. The number of anilines is 5. The van der Waals surface area contributed by atoms with Gasteiger partial charge in [-0.25, -0.2) is 56.4 Å². The molecule has 0 atom stereocenters. The molecular formula is C85H72Br3F5IN17O5. The highest BCUT2D eigenvalue weighted by Gasteiger charge is 2.23. The number of nitrogens with one attached hydrogen (secondary N) is 1. The number of hydrogen-bond acceptors (Lipinski definition) is 16. The third-order valence-corrected chi connectivity index (χ3v) is 21.0. The third-order valence-electron chi connectivity index (χ3n) is 18.5. The van der Waals surface area contributed by atoms with Gasteiger partial charge in [-0.2, -0.15) is 5.10 Å². The van der Waals surface area contributed by atoms with Crippen LogP contribution in [0, 0.1) is 32.8 Å². The van der Waals surface area contributed by atoms with Gasteiger partial charge in [0.1, 0.15) is 78.3 Å². The van der Waals surface area contributed by atoms with Gasteiger partial charge in [-0.15, -0.1) is 0 Å². The molecule has 590 valence electrons. The zero-order chi connectivity index (χ0) is 80.8. The number of benzene rings is 5. The number of nitrogens with two attached hydrogens (primary N) is 1. The van der Waals surface area contributed by atoms with E-state index in [0.29, 0.717) is 47.4 Å². The molecular weight excluding hydrogens is 1800 g/mol. The molecule has 5 aromatic carbocycles. The molecule has 19 rings (SSSR count). The van der Waals surface area contributed by atoms with Gasteiger partial charge in [-0.3, -0.25) is 18.4 Å². The zero-order valence-electron chi connectivity index (χ0n) is 62.0. The topological polar surface area (TPSA) is 222 Å². The van der Waals surface area contributed by atoms with Crippen LogP contribution in [0.5, 0.6) is 0 Å². The summed E-state index contributed by atoms with van der Waals surface area (Å²) in [7, 11) is 0. The van der Waals surface area contributed by atoms with Crippen LogP contribution in [0.3, 0.4) is 0 Å². The van der Waals surface area contributed by atoms with Crippen LogP contribution in [0.1, 0.15) is 17.3 Å². The van der Waals surface area contributed by atoms with Crippen LogP contribution in [-0.2, 0) is 19.0 Å². The van der Waals surface area contributed by atoms with E-state index in [-0.39, 0.29) is 46.1 Å². The van der Waals surface area contributed by atoms with Crippen molar-refractivity contribution in [3.63, 3.8) is 0 Å². The molecule has 16 aromatic rings. The van der Waals surface area contributed by atoms with Crippen molar-refractivity contribution in [1.29, 1.82) is 0 Å². The summed E-state index contributed by atoms with van der Waals surface area (Å²) >= 11 is 12.0. The maximum absolute atomic E-state index is 13.7. The molecule has 0 unspecified atom stereocenters. The van der Waals surface area contributed by atoms with Crippen LogP contribution in [0.15, 0.2) is 253 Å². The molecule has 0 saturated carbocycles. The highest BCUT2D eigenvalue weighted by molar-refractivity contribution is 14.1. The summed E-state index contributed by atoms with van der Waals surface area (Å²) in [4.78, 5) is 56.1. The minimum atomic E-state index is -0.323. The Labute approximate surface area is 700 Å². The number of imidazole rings is 5. The van der Waals surface area contributed by atoms with Crippen molar-refractivity contribution in [2.45, 2.75) is 6.92 Å². The Kier molecular flexibility index (Phi) is 26.6. The Morgan fingerprint density at radius 2 is 0.862 bits per heavy atom. The van der Waals surface area contributed by atoms with E-state index < -0.39 is 0 Å². The molecule has 1 amide bonds. The van der Waals surface area contributed by atoms with Gasteiger partial charge in [0.25, 0.3) is 0 Å². The molecule has 3 N–H and O–H groups in total. The first-order chi connectivity index (χ1) is 56.3. The molecule has 116 heavy (non-hydrogen) atoms. The first kappa shape index (κ1) is 81.2. The smallest absolute Gasteiger partial charge is 0.222 e. The molecule has 0 bridgehead atoms. The Morgan fingerprint density at radius 1 is 0.440 bits per heavy atom. The maximum Gasteiger partial charge on any atom is 0.222 e. The van der Waals surface area contributed by atoms with Gasteiger partial charge in [0.05, 0.1) is 85.3 Å². The SMILES string of the molecule is CC(=O)Nc1cn2nc(-c3c(-c4ccc(F)cc4)nc4ccc(N5CCOCC5)cn34)ccc2n1.Fc1ccc(-c2cn3cc(Br)ccc3n2)cc1.Fc1ccc(-c2cn3cc(N4CCOCC4)ccc3n2)cc1.Fc1ccc(-c2nc3ccc(N4CCOCC4)cn3c2I)cc1.Nc1ccc(Br)cn1.O=C(CBr)c1ccc(F)cc1. The van der Waals surface area contributed by atoms with Crippen molar-refractivity contribution in [3.8, 4) is 56.4 Å². The molecule has 3 saturated heterocycles. The van der Waals surface area contributed by atoms with Gasteiger partial charge < -0.3 is 48.8 Å². The average molecular weight is 1870 g/mol. The largest absolute Gasteiger partial charge is 0.384 e. The first-order valence-electron chi connectivity index (χ1n) is 36.5. The predicted molar refractivity (Wildman–Crippen MR) is 459 cm³/mol. The van der Waals surface area contributed by atoms with E-state index in [0.717, 1.165) is 152 Å². The molecule has 3 aliphatic rings. The Bertz CT molecular complexity index is 6040. The standard InChI is InChI=1S/C25H22FN7O2.C17H15FIN3O.C17H16FN3O.C13H8BrFN2.C8H6BrFO.C5H5BrN2/c1-16(34)27-21-15-33-23(28-21)9-7-20(30-33)25-24(17-2-4-18(26)5-3-17)29-22-8-6-19(14-32(22)25)31-10-12-35-13-11-31;18-13-3-1-12(2-4-13)16-17(19)22-11-14(5-6-15(22)20-16)21-7-9-23-10-8-21;18-14-3-1-13(2-4-14)16-12-21-11-15(5-6-17(21)19-16)20-7-9-22-10-8-20;14-10-3-6-13-16-12(8-17(13)7-10)9-1-4-11(15)5-2-9;9-5-8(11)6-1-3-7(10)4-2-6;6-4-1-2-5(7)8-3-4/h2-9,14-15H,10-13H2,1H3,(H,27,34);1-6,11H,7-10H2;1-6,11-12H,7-10H2;1-8H;1-4H,5H2;1-3H,(H2,7,8). The van der Waals surface area contributed by atoms with Crippen LogP contribution in [0.25, 0.3) is 84.7 Å². The van der Waals surface area contributed by atoms with E-state index in [9.17, 15) is 31.5 Å². The van der Waals surface area contributed by atoms with E-state index in [1.807, 2.05) is 80.3 Å². The third kappa shape index (κ3) is 20.5. The van der Waals surface area contributed by atoms with Crippen molar-refractivity contribution in [3.05, 3.63) is 291 Å². The predicted octanol–water partition coefficient (Wildman–Crippen LogP) is 17.9. The fourth-order valence-corrected chi connectivity index (χ4v) is 14.5. The van der Waals surface area contributed by atoms with Crippen molar-refractivity contribution >= 4 is 139 Å². The number of fused-ring (bicyclic) bond motifs is 5. The van der Waals surface area contributed by atoms with E-state index in [1.165, 1.54) is 91.1 Å². The number of hydrogen-bond donors (Lipinski definition) is 2. The summed E-state index contributed by atoms with van der Waals surface area (Å²) in [5, 5.41) is 7.74. The summed E-state index contributed by atoms with van der Waals surface area (Å²) in [5.41, 5.74) is 21.4. The number of carbonyl (C=O) groups is 2. The normalized spacial score (nSPS) is 13.3. The molecule has 3 fully saturated rings. The monoisotopic (exact) mass is 1870 g/mol. The fourth-order valence-electron chi connectivity index (χ4n) is 12.7. The lowest BCUT2D eigenvalue weighted by Crippen LogP contribution is -2.36. The van der Waals surface area contributed by atoms with Gasteiger partial charge in [0, 0.05) is 126 Å². The van der Waals surface area contributed by atoms with E-state index in [2.05, 4.69) is 157 Å². The number of halogens is 9. The van der Waals surface area contributed by atoms with Gasteiger partial charge in [-0.1, -0.05) is 15.9 Å². The number of aromatic nitrogens is 12. The summed E-state index contributed by atoms with van der Waals surface area (Å²) in [5.74, 6) is -0.603. The summed E-state index contributed by atoms with van der Waals surface area (Å²) in [6.07, 6.45) is 15.4. The lowest BCUT2D eigenvalue weighted by Gasteiger charge is -2.28. The van der Waals surface area contributed by atoms with Crippen LogP contribution in [-0.4, -0.2) is 153 Å². The number of nitrogen functional groups attached to an aromatic ring is 1. The lowest BCUT2D eigenvalue weighted by atomic mass is 10.1. The molecule has 22 nitrogen and oxygen atoms in total. The van der Waals surface area contributed by atoms with E-state index in [4.69, 9.17) is 30.0 Å². The number of morpholine rings is 3. The highest BCUT2D eigenvalue weighted by atomic mass is 127. The maximum atomic E-state index is 13.7. The highest BCUT2D eigenvalue weighted by Crippen LogP contribution is 2.35. The molecule has 0 aliphatic carbocycles.